The SMILES string of the molecule is CNCC1CCCN(C(=O)c2n[nH]c(C)n2)C1. The molecule has 2 rings (SSSR count). The topological polar surface area (TPSA) is 73.9 Å². The van der Waals surface area contributed by atoms with Crippen molar-refractivity contribution in [2.45, 2.75) is 19.8 Å². The number of H-pyrrole nitrogens is 1. The van der Waals surface area contributed by atoms with Crippen LogP contribution < -0.4 is 5.32 Å². The quantitative estimate of drug-likeness (QED) is 0.786. The zero-order chi connectivity index (χ0) is 12.3. The minimum atomic E-state index is -0.0600. The number of nitrogens with zero attached hydrogens (tertiary/aromatic N) is 3. The monoisotopic (exact) mass is 237 g/mol. The molecule has 1 amide bonds. The lowest BCUT2D eigenvalue weighted by Crippen LogP contribution is -2.42. The molecular formula is C11H19N5O. The van der Waals surface area contributed by atoms with Gasteiger partial charge in [0.05, 0.1) is 0 Å². The Hall–Kier alpha value is -1.43. The smallest absolute Gasteiger partial charge is 0.293 e. The molecule has 0 radical (unpaired) electrons. The number of amides is 1. The summed E-state index contributed by atoms with van der Waals surface area (Å²) in [5, 5.41) is 9.79. The van der Waals surface area contributed by atoms with Crippen LogP contribution in [0.4, 0.5) is 0 Å². The molecule has 1 aliphatic rings. The zero-order valence-electron chi connectivity index (χ0n) is 10.4. The number of nitrogens with one attached hydrogen (secondary N) is 2. The minimum absolute atomic E-state index is 0.0600. The van der Waals surface area contributed by atoms with E-state index in [-0.39, 0.29) is 11.7 Å². The predicted octanol–water partition coefficient (Wildman–Crippen LogP) is 0.185. The summed E-state index contributed by atoms with van der Waals surface area (Å²) in [6, 6.07) is 0. The number of likely N-dealkylation sites (tertiary alicyclic amines) is 1. The molecule has 1 unspecified atom stereocenters. The van der Waals surface area contributed by atoms with E-state index in [4.69, 9.17) is 0 Å². The number of rotatable bonds is 3. The fourth-order valence-electron chi connectivity index (χ4n) is 2.28. The molecule has 0 bridgehead atoms. The molecule has 0 aliphatic carbocycles. The van der Waals surface area contributed by atoms with Gasteiger partial charge in [-0.15, -0.1) is 5.10 Å². The summed E-state index contributed by atoms with van der Waals surface area (Å²) in [6.07, 6.45) is 2.24. The average molecular weight is 237 g/mol. The minimum Gasteiger partial charge on any atom is -0.336 e. The van der Waals surface area contributed by atoms with Crippen LogP contribution in [-0.4, -0.2) is 52.7 Å². The molecule has 1 aromatic heterocycles. The highest BCUT2D eigenvalue weighted by Gasteiger charge is 2.26. The van der Waals surface area contributed by atoms with E-state index < -0.39 is 0 Å². The van der Waals surface area contributed by atoms with Crippen molar-refractivity contribution in [3.05, 3.63) is 11.6 Å². The summed E-state index contributed by atoms with van der Waals surface area (Å²) in [5.74, 6) is 1.44. The molecular weight excluding hydrogens is 218 g/mol. The number of piperidine rings is 1. The summed E-state index contributed by atoms with van der Waals surface area (Å²) in [4.78, 5) is 18.1. The highest BCUT2D eigenvalue weighted by Crippen LogP contribution is 2.17. The largest absolute Gasteiger partial charge is 0.336 e. The van der Waals surface area contributed by atoms with Gasteiger partial charge in [0.15, 0.2) is 0 Å². The van der Waals surface area contributed by atoms with Crippen LogP contribution in [0.2, 0.25) is 0 Å². The molecule has 6 nitrogen and oxygen atoms in total. The van der Waals surface area contributed by atoms with Gasteiger partial charge in [-0.1, -0.05) is 0 Å². The van der Waals surface area contributed by atoms with Gasteiger partial charge < -0.3 is 10.2 Å². The Morgan fingerprint density at radius 3 is 3.12 bits per heavy atom. The van der Waals surface area contributed by atoms with E-state index >= 15 is 0 Å². The van der Waals surface area contributed by atoms with Crippen LogP contribution >= 0.6 is 0 Å². The molecule has 1 atom stereocenters. The Bertz CT molecular complexity index is 387. The molecule has 94 valence electrons. The lowest BCUT2D eigenvalue weighted by atomic mass is 9.98. The van der Waals surface area contributed by atoms with E-state index in [1.54, 1.807) is 6.92 Å². The number of aromatic amines is 1. The fourth-order valence-corrected chi connectivity index (χ4v) is 2.28. The van der Waals surface area contributed by atoms with Crippen LogP contribution in [-0.2, 0) is 0 Å². The van der Waals surface area contributed by atoms with Gasteiger partial charge in [-0.05, 0) is 39.3 Å². The molecule has 2 N–H and O–H groups in total. The Kier molecular flexibility index (Phi) is 3.73. The molecule has 2 heterocycles. The molecule has 1 aromatic rings. The van der Waals surface area contributed by atoms with Crippen molar-refractivity contribution in [3.63, 3.8) is 0 Å². The number of aryl methyl sites for hydroxylation is 1. The molecule has 1 aliphatic heterocycles. The second-order valence-electron chi connectivity index (χ2n) is 4.56. The second-order valence-corrected chi connectivity index (χ2v) is 4.56. The number of hydrogen-bond donors (Lipinski definition) is 2. The van der Waals surface area contributed by atoms with E-state index in [0.29, 0.717) is 11.7 Å². The van der Waals surface area contributed by atoms with Crippen LogP contribution in [0.5, 0.6) is 0 Å². The Morgan fingerprint density at radius 1 is 1.65 bits per heavy atom. The van der Waals surface area contributed by atoms with Gasteiger partial charge in [0.1, 0.15) is 5.82 Å². The van der Waals surface area contributed by atoms with Gasteiger partial charge >= 0.3 is 0 Å². The molecule has 1 saturated heterocycles. The van der Waals surface area contributed by atoms with Crippen molar-refractivity contribution in [1.82, 2.24) is 25.4 Å². The van der Waals surface area contributed by atoms with E-state index in [0.717, 1.165) is 26.1 Å². The summed E-state index contributed by atoms with van der Waals surface area (Å²) in [6.45, 7) is 4.36. The van der Waals surface area contributed by atoms with Crippen molar-refractivity contribution in [2.75, 3.05) is 26.7 Å². The van der Waals surface area contributed by atoms with E-state index in [1.807, 2.05) is 11.9 Å². The van der Waals surface area contributed by atoms with E-state index in [1.165, 1.54) is 6.42 Å². The maximum absolute atomic E-state index is 12.1. The first kappa shape index (κ1) is 12.0. The fraction of sp³-hybridized carbons (Fsp3) is 0.727. The molecule has 0 saturated carbocycles. The first-order chi connectivity index (χ1) is 8.20. The number of aromatic nitrogens is 3. The standard InChI is InChI=1S/C11H19N5O/c1-8-13-10(15-14-8)11(17)16-5-3-4-9(7-16)6-12-2/h9,12H,3-7H2,1-2H3,(H,13,14,15). The summed E-state index contributed by atoms with van der Waals surface area (Å²) < 4.78 is 0. The van der Waals surface area contributed by atoms with E-state index in [9.17, 15) is 4.79 Å². The Balaban J connectivity index is 1.99. The van der Waals surface area contributed by atoms with Crippen molar-refractivity contribution in [3.8, 4) is 0 Å². The number of carbonyl (C=O) groups excluding carboxylic acids is 1. The summed E-state index contributed by atoms with van der Waals surface area (Å²) >= 11 is 0. The highest BCUT2D eigenvalue weighted by atomic mass is 16.2. The third-order valence-electron chi connectivity index (χ3n) is 3.09. The summed E-state index contributed by atoms with van der Waals surface area (Å²) in [5.41, 5.74) is 0. The maximum atomic E-state index is 12.1. The Labute approximate surface area is 101 Å². The van der Waals surface area contributed by atoms with Gasteiger partial charge in [-0.25, -0.2) is 4.98 Å². The first-order valence-corrected chi connectivity index (χ1v) is 6.03. The normalized spacial score (nSPS) is 20.6. The zero-order valence-corrected chi connectivity index (χ0v) is 10.4. The van der Waals surface area contributed by atoms with E-state index in [2.05, 4.69) is 20.5 Å². The third-order valence-corrected chi connectivity index (χ3v) is 3.09. The maximum Gasteiger partial charge on any atom is 0.293 e. The predicted molar refractivity (Wildman–Crippen MR) is 63.7 cm³/mol. The molecule has 1 fully saturated rings. The van der Waals surface area contributed by atoms with Crippen LogP contribution in [0.1, 0.15) is 29.3 Å². The molecule has 0 spiro atoms. The van der Waals surface area contributed by atoms with Crippen LogP contribution in [0.15, 0.2) is 0 Å². The second kappa shape index (κ2) is 5.27. The lowest BCUT2D eigenvalue weighted by Gasteiger charge is -2.31. The van der Waals surface area contributed by atoms with Crippen molar-refractivity contribution >= 4 is 5.91 Å². The van der Waals surface area contributed by atoms with Crippen molar-refractivity contribution in [2.24, 2.45) is 5.92 Å². The first-order valence-electron chi connectivity index (χ1n) is 6.03. The molecule has 0 aromatic carbocycles. The molecule has 17 heavy (non-hydrogen) atoms. The van der Waals surface area contributed by atoms with Crippen LogP contribution in [0.25, 0.3) is 0 Å². The van der Waals surface area contributed by atoms with Crippen molar-refractivity contribution < 1.29 is 4.79 Å². The lowest BCUT2D eigenvalue weighted by molar-refractivity contribution is 0.0662. The van der Waals surface area contributed by atoms with Crippen molar-refractivity contribution in [1.29, 1.82) is 0 Å². The highest BCUT2D eigenvalue weighted by molar-refractivity contribution is 5.90. The number of carbonyl (C=O) groups is 1. The van der Waals surface area contributed by atoms with Gasteiger partial charge in [-0.3, -0.25) is 9.89 Å². The molecule has 6 heteroatoms. The average Bonchev–Trinajstić information content (AvgIpc) is 2.76. The number of hydrogen-bond acceptors (Lipinski definition) is 4. The summed E-state index contributed by atoms with van der Waals surface area (Å²) in [7, 11) is 1.94. The van der Waals surface area contributed by atoms with Crippen LogP contribution in [0, 0.1) is 12.8 Å². The Morgan fingerprint density at radius 2 is 2.47 bits per heavy atom. The third kappa shape index (κ3) is 2.82. The van der Waals surface area contributed by atoms with Gasteiger partial charge in [0, 0.05) is 13.1 Å². The van der Waals surface area contributed by atoms with Gasteiger partial charge in [-0.2, -0.15) is 0 Å². The van der Waals surface area contributed by atoms with Gasteiger partial charge in [0.2, 0.25) is 5.82 Å². The van der Waals surface area contributed by atoms with Gasteiger partial charge in [0.25, 0.3) is 5.91 Å². The van der Waals surface area contributed by atoms with Crippen LogP contribution in [0.3, 0.4) is 0 Å².